The Morgan fingerprint density at radius 1 is 1.00 bits per heavy atom. The van der Waals surface area contributed by atoms with Crippen LogP contribution >= 0.6 is 0 Å². The number of carbonyl (C=O) groups is 2. The van der Waals surface area contributed by atoms with E-state index in [0.717, 1.165) is 39.9 Å². The summed E-state index contributed by atoms with van der Waals surface area (Å²) in [5, 5.41) is 40.2. The Hall–Kier alpha value is -3.44. The lowest BCUT2D eigenvalue weighted by Crippen LogP contribution is -2.60. The number of H-pyrrole nitrogens is 1. The molecule has 0 spiro atoms. The van der Waals surface area contributed by atoms with Crippen molar-refractivity contribution in [3.63, 3.8) is 0 Å². The number of aliphatic carboxylic acids is 1. The summed E-state index contributed by atoms with van der Waals surface area (Å²) in [5.41, 5.74) is 6.91. The van der Waals surface area contributed by atoms with Crippen LogP contribution in [0.4, 0.5) is 0 Å². The normalized spacial score (nSPS) is 27.7. The van der Waals surface area contributed by atoms with E-state index in [4.69, 9.17) is 14.2 Å². The molecule has 6 atom stereocenters. The number of benzene rings is 2. The van der Waals surface area contributed by atoms with Gasteiger partial charge in [0.25, 0.3) is 0 Å². The minimum absolute atomic E-state index is 0.0254. The number of nitrogens with one attached hydrogen (secondary N) is 1. The molecule has 42 heavy (non-hydrogen) atoms. The van der Waals surface area contributed by atoms with Crippen molar-refractivity contribution in [2.75, 3.05) is 0 Å². The molecule has 1 aromatic heterocycles. The first-order valence-corrected chi connectivity index (χ1v) is 14.7. The average molecular weight is 580 g/mol. The first-order valence-electron chi connectivity index (χ1n) is 14.7. The molecule has 0 radical (unpaired) electrons. The second kappa shape index (κ2) is 11.7. The van der Waals surface area contributed by atoms with Gasteiger partial charge in [-0.15, -0.1) is 0 Å². The monoisotopic (exact) mass is 579 g/mol. The molecule has 10 heteroatoms. The number of carboxylic acid groups (broad SMARTS) is 1. The summed E-state index contributed by atoms with van der Waals surface area (Å²) < 4.78 is 16.5. The third-order valence-electron chi connectivity index (χ3n) is 9.07. The van der Waals surface area contributed by atoms with Crippen LogP contribution in [0.1, 0.15) is 78.3 Å². The predicted octanol–water partition coefficient (Wildman–Crippen LogP) is 3.57. The Balaban J connectivity index is 1.09. The van der Waals surface area contributed by atoms with Crippen LogP contribution in [0.3, 0.4) is 0 Å². The maximum atomic E-state index is 12.8. The molecule has 3 aromatic rings. The van der Waals surface area contributed by atoms with E-state index in [1.165, 1.54) is 36.8 Å². The van der Waals surface area contributed by atoms with Crippen LogP contribution in [0.15, 0.2) is 36.4 Å². The van der Waals surface area contributed by atoms with Gasteiger partial charge in [0.2, 0.25) is 6.29 Å². The summed E-state index contributed by atoms with van der Waals surface area (Å²) in [7, 11) is 0. The number of aliphatic hydroxyl groups is 3. The molecule has 1 saturated carbocycles. The summed E-state index contributed by atoms with van der Waals surface area (Å²) in [5.74, 6) is -0.966. The number of carbonyl (C=O) groups excluding carboxylic acids is 1. The Kier molecular flexibility index (Phi) is 7.97. The van der Waals surface area contributed by atoms with Gasteiger partial charge in [0.15, 0.2) is 6.10 Å². The van der Waals surface area contributed by atoms with Crippen LogP contribution in [0.25, 0.3) is 10.9 Å². The maximum Gasteiger partial charge on any atom is 0.335 e. The summed E-state index contributed by atoms with van der Waals surface area (Å²) in [6, 6.07) is 12.6. The fourth-order valence-corrected chi connectivity index (χ4v) is 6.84. The number of aromatic nitrogens is 1. The standard InChI is InChI=1S/C32H37NO9/c1-16-12-17(6-9-21(16)18-4-2-3-5-18)15-40-20-8-11-24-23(14-20)22-10-7-19(26(22)33-24)13-25(34)41-32-29(37)27(35)28(36)30(42-32)31(38)39/h6,8-9,11-12,14,18-19,27-30,32-33,35-37H,2-5,7,10,13,15H2,1H3,(H,38,39)/t19-,27+,28+,29-,30+,32+/m1/s1. The van der Waals surface area contributed by atoms with E-state index in [1.54, 1.807) is 0 Å². The first-order chi connectivity index (χ1) is 20.2. The number of carboxylic acids is 1. The average Bonchev–Trinajstić information content (AvgIpc) is 3.71. The minimum Gasteiger partial charge on any atom is -0.489 e. The molecular weight excluding hydrogens is 542 g/mol. The highest BCUT2D eigenvalue weighted by Crippen LogP contribution is 2.41. The molecule has 1 aliphatic heterocycles. The van der Waals surface area contributed by atoms with Crippen molar-refractivity contribution in [1.29, 1.82) is 0 Å². The van der Waals surface area contributed by atoms with Gasteiger partial charge in [-0.3, -0.25) is 4.79 Å². The highest BCUT2D eigenvalue weighted by Gasteiger charge is 2.48. The molecule has 10 nitrogen and oxygen atoms in total. The van der Waals surface area contributed by atoms with Crippen LogP contribution in [0.2, 0.25) is 0 Å². The number of hydrogen-bond donors (Lipinski definition) is 5. The van der Waals surface area contributed by atoms with Gasteiger partial charge >= 0.3 is 11.9 Å². The van der Waals surface area contributed by atoms with Crippen molar-refractivity contribution < 1.29 is 44.2 Å². The fourth-order valence-electron chi connectivity index (χ4n) is 6.84. The summed E-state index contributed by atoms with van der Waals surface area (Å²) in [6.45, 7) is 2.66. The number of fused-ring (bicyclic) bond motifs is 3. The molecule has 2 aromatic carbocycles. The molecule has 224 valence electrons. The van der Waals surface area contributed by atoms with E-state index in [9.17, 15) is 30.0 Å². The topological polar surface area (TPSA) is 159 Å². The number of rotatable bonds is 8. The van der Waals surface area contributed by atoms with E-state index in [0.29, 0.717) is 18.9 Å². The summed E-state index contributed by atoms with van der Waals surface area (Å²) >= 11 is 0. The van der Waals surface area contributed by atoms with Crippen LogP contribution < -0.4 is 4.74 Å². The van der Waals surface area contributed by atoms with Gasteiger partial charge < -0.3 is 39.6 Å². The van der Waals surface area contributed by atoms with Crippen LogP contribution in [0, 0.1) is 6.92 Å². The number of aromatic amines is 1. The number of hydrogen-bond acceptors (Lipinski definition) is 8. The Morgan fingerprint density at radius 3 is 2.52 bits per heavy atom. The van der Waals surface area contributed by atoms with E-state index < -0.39 is 42.6 Å². The molecular formula is C32H37NO9. The third-order valence-corrected chi connectivity index (χ3v) is 9.07. The first kappa shape index (κ1) is 28.7. The quantitative estimate of drug-likeness (QED) is 0.252. The number of aliphatic hydroxyl groups excluding tert-OH is 3. The highest BCUT2D eigenvalue weighted by molar-refractivity contribution is 5.87. The van der Waals surface area contributed by atoms with Crippen LogP contribution in [-0.2, 0) is 32.1 Å². The van der Waals surface area contributed by atoms with Gasteiger partial charge in [-0.1, -0.05) is 31.0 Å². The molecule has 0 unspecified atom stereocenters. The molecule has 2 heterocycles. The number of ether oxygens (including phenoxy) is 3. The largest absolute Gasteiger partial charge is 0.489 e. The molecule has 6 rings (SSSR count). The van der Waals surface area contributed by atoms with Gasteiger partial charge in [0.1, 0.15) is 30.7 Å². The highest BCUT2D eigenvalue weighted by atomic mass is 16.7. The zero-order valence-electron chi connectivity index (χ0n) is 23.5. The molecule has 5 N–H and O–H groups in total. The van der Waals surface area contributed by atoms with Gasteiger partial charge in [-0.2, -0.15) is 0 Å². The van der Waals surface area contributed by atoms with Crippen molar-refractivity contribution in [3.05, 3.63) is 64.3 Å². The van der Waals surface area contributed by atoms with Crippen molar-refractivity contribution in [2.45, 2.75) is 101 Å². The van der Waals surface area contributed by atoms with E-state index in [-0.39, 0.29) is 12.3 Å². The smallest absolute Gasteiger partial charge is 0.335 e. The minimum atomic E-state index is -1.85. The zero-order valence-corrected chi connectivity index (χ0v) is 23.5. The number of esters is 1. The van der Waals surface area contributed by atoms with E-state index in [1.807, 2.05) is 18.2 Å². The van der Waals surface area contributed by atoms with Crippen molar-refractivity contribution in [1.82, 2.24) is 4.98 Å². The van der Waals surface area contributed by atoms with Crippen molar-refractivity contribution in [2.24, 2.45) is 0 Å². The summed E-state index contributed by atoms with van der Waals surface area (Å²) in [4.78, 5) is 27.5. The molecule has 3 aliphatic rings. The van der Waals surface area contributed by atoms with Gasteiger partial charge in [-0.05, 0) is 79.0 Å². The predicted molar refractivity (Wildman–Crippen MR) is 151 cm³/mol. The van der Waals surface area contributed by atoms with Gasteiger partial charge in [0, 0.05) is 22.5 Å². The third kappa shape index (κ3) is 5.51. The lowest BCUT2D eigenvalue weighted by atomic mass is 9.92. The van der Waals surface area contributed by atoms with Crippen molar-refractivity contribution >= 4 is 22.8 Å². The maximum absolute atomic E-state index is 12.8. The fraction of sp³-hybridized carbons (Fsp3) is 0.500. The summed E-state index contributed by atoms with van der Waals surface area (Å²) in [6.07, 6.45) is -2.37. The van der Waals surface area contributed by atoms with Gasteiger partial charge in [-0.25, -0.2) is 4.79 Å². The second-order valence-corrected chi connectivity index (χ2v) is 11.9. The number of aryl methyl sites for hydroxylation is 2. The van der Waals surface area contributed by atoms with Crippen molar-refractivity contribution in [3.8, 4) is 5.75 Å². The Labute approximate surface area is 243 Å². The molecule has 0 bridgehead atoms. The van der Waals surface area contributed by atoms with E-state index >= 15 is 0 Å². The molecule has 2 fully saturated rings. The molecule has 1 saturated heterocycles. The SMILES string of the molecule is Cc1cc(COc2ccc3[nH]c4c(c3c2)CC[C@@H]4CC(=O)O[C@H]2O[C@H](C(=O)O)[C@@H](O)[C@H](O)[C@H]2O)ccc1C1CCCC1. The Morgan fingerprint density at radius 2 is 1.79 bits per heavy atom. The van der Waals surface area contributed by atoms with E-state index in [2.05, 4.69) is 30.1 Å². The molecule has 2 aliphatic carbocycles. The van der Waals surface area contributed by atoms with Crippen LogP contribution in [-0.4, -0.2) is 68.1 Å². The lowest BCUT2D eigenvalue weighted by molar-refractivity contribution is -0.286. The molecule has 0 amide bonds. The Bertz CT molecular complexity index is 1480. The second-order valence-electron chi connectivity index (χ2n) is 11.9. The zero-order chi connectivity index (χ0) is 29.5. The van der Waals surface area contributed by atoms with Gasteiger partial charge in [0.05, 0.1) is 6.42 Å². The van der Waals surface area contributed by atoms with Crippen LogP contribution in [0.5, 0.6) is 5.75 Å². The lowest BCUT2D eigenvalue weighted by Gasteiger charge is -2.38.